The predicted octanol–water partition coefficient (Wildman–Crippen LogP) is 0.411. The molecule has 1 aromatic rings. The molecule has 56 valence electrons. The van der Waals surface area contributed by atoms with Gasteiger partial charge in [0.05, 0.1) is 27.4 Å². The molecule has 0 aliphatic heterocycles. The van der Waals surface area contributed by atoms with E-state index in [1.807, 2.05) is 22.6 Å². The Bertz CT molecular complexity index is 330. The van der Waals surface area contributed by atoms with Crippen molar-refractivity contribution in [1.29, 1.82) is 0 Å². The van der Waals surface area contributed by atoms with Gasteiger partial charge in [0.1, 0.15) is 3.70 Å². The van der Waals surface area contributed by atoms with Crippen molar-refractivity contribution in [2.75, 3.05) is 0 Å². The summed E-state index contributed by atoms with van der Waals surface area (Å²) in [6.07, 6.45) is 1.37. The lowest BCUT2D eigenvalue weighted by molar-refractivity contribution is 0.587. The van der Waals surface area contributed by atoms with Crippen LogP contribution in [0.15, 0.2) is 6.20 Å². The monoisotopic (exact) mass is 385 g/mol. The number of hydrogen-bond donors (Lipinski definition) is 0. The van der Waals surface area contributed by atoms with Gasteiger partial charge in [-0.25, -0.2) is 0 Å². The second kappa shape index (κ2) is 2.89. The minimum absolute atomic E-state index is 0.554. The number of aromatic nitrogens is 3. The van der Waals surface area contributed by atoms with Crippen LogP contribution in [0.25, 0.3) is 0 Å². The molecule has 0 aromatic carbocycles. The highest BCUT2D eigenvalue weighted by Crippen LogP contribution is 2.04. The van der Waals surface area contributed by atoms with Crippen LogP contribution in [0.4, 0.5) is 0 Å². The highest BCUT2D eigenvalue weighted by Gasteiger charge is 2.09. The Labute approximate surface area is 83.0 Å². The van der Waals surface area contributed by atoms with Crippen LogP contribution in [0, 0.1) is 3.70 Å². The zero-order valence-electron chi connectivity index (χ0n) is 4.40. The number of rotatable bonds is 1. The zero-order chi connectivity index (χ0) is 7.78. The molecule has 0 aliphatic carbocycles. The van der Waals surface area contributed by atoms with Crippen LogP contribution in [-0.2, 0) is 7.19 Å². The van der Waals surface area contributed by atoms with E-state index in [9.17, 15) is 8.42 Å². The largest absolute Gasteiger partial charge is 0.323 e. The highest BCUT2D eigenvalue weighted by atomic mass is 127. The molecule has 0 saturated heterocycles. The Morgan fingerprint density at radius 3 is 2.40 bits per heavy atom. The maximum absolute atomic E-state index is 10.7. The lowest BCUT2D eigenvalue weighted by atomic mass is 11.0. The van der Waals surface area contributed by atoms with Crippen LogP contribution >= 0.6 is 43.8 Å². The summed E-state index contributed by atoms with van der Waals surface area (Å²) in [6.45, 7) is 0. The summed E-state index contributed by atoms with van der Waals surface area (Å²) in [5, 5.41) is 7.07. The van der Waals surface area contributed by atoms with Gasteiger partial charge in [0.15, 0.2) is 0 Å². The van der Waals surface area contributed by atoms with Gasteiger partial charge in [-0.15, -0.1) is 10.2 Å². The summed E-state index contributed by atoms with van der Waals surface area (Å²) in [6, 6.07) is 0. The van der Waals surface area contributed by atoms with Gasteiger partial charge >= 0.3 is 7.19 Å². The third-order valence-electron chi connectivity index (χ3n) is 0.639. The van der Waals surface area contributed by atoms with E-state index >= 15 is 0 Å². The number of nitrogens with zero attached hydrogens (tertiary/aromatic N) is 3. The van der Waals surface area contributed by atoms with E-state index in [0.717, 1.165) is 0 Å². The second-order valence-corrected chi connectivity index (χ2v) is 6.93. The molecule has 0 saturated carbocycles. The molecule has 1 heterocycles. The molecule has 1 aromatic heterocycles. The van der Waals surface area contributed by atoms with Gasteiger partial charge in [-0.1, -0.05) is 4.20 Å². The Hall–Kier alpha value is 0.550. The Morgan fingerprint density at radius 2 is 2.20 bits per heavy atom. The quantitative estimate of drug-likeness (QED) is 0.519. The average molecular weight is 385 g/mol. The molecule has 0 atom stereocenters. The molecule has 0 unspecified atom stereocenters. The minimum atomic E-state index is -3.32. The third kappa shape index (κ3) is 2.02. The van der Waals surface area contributed by atoms with E-state index in [0.29, 0.717) is 7.90 Å². The van der Waals surface area contributed by atoms with Crippen molar-refractivity contribution in [3.05, 3.63) is 9.90 Å². The Morgan fingerprint density at radius 1 is 1.60 bits per heavy atom. The van der Waals surface area contributed by atoms with Crippen LogP contribution in [-0.4, -0.2) is 22.8 Å². The standard InChI is InChI=1S/C2HI2N3O2S/c3-2-1-5-7(6-2)10(4,8)9/h1H. The molecule has 0 amide bonds. The van der Waals surface area contributed by atoms with Crippen LogP contribution in [0.2, 0.25) is 0 Å². The van der Waals surface area contributed by atoms with Gasteiger partial charge in [-0.2, -0.15) is 8.42 Å². The van der Waals surface area contributed by atoms with Gasteiger partial charge < -0.3 is 0 Å². The topological polar surface area (TPSA) is 64.8 Å². The molecule has 0 N–H and O–H groups in total. The van der Waals surface area contributed by atoms with Crippen molar-refractivity contribution >= 4 is 51.0 Å². The first-order chi connectivity index (χ1) is 4.50. The van der Waals surface area contributed by atoms with Crippen molar-refractivity contribution in [3.63, 3.8) is 0 Å². The maximum Gasteiger partial charge on any atom is 0.323 e. The van der Waals surface area contributed by atoms with Crippen LogP contribution < -0.4 is 0 Å². The highest BCUT2D eigenvalue weighted by molar-refractivity contribution is 14.2. The summed E-state index contributed by atoms with van der Waals surface area (Å²) in [7, 11) is -3.32. The number of halogens is 2. The van der Waals surface area contributed by atoms with Crippen LogP contribution in [0.5, 0.6) is 0 Å². The van der Waals surface area contributed by atoms with Crippen molar-refractivity contribution in [3.8, 4) is 0 Å². The van der Waals surface area contributed by atoms with Gasteiger partial charge in [-0.3, -0.25) is 0 Å². The van der Waals surface area contributed by atoms with Gasteiger partial charge in [0.2, 0.25) is 0 Å². The molecule has 0 fully saturated rings. The second-order valence-electron chi connectivity index (χ2n) is 1.33. The summed E-state index contributed by atoms with van der Waals surface area (Å²) in [5.41, 5.74) is 0. The Kier molecular flexibility index (Phi) is 2.50. The Balaban J connectivity index is 3.21. The number of hydrogen-bond acceptors (Lipinski definition) is 4. The van der Waals surface area contributed by atoms with E-state index in [2.05, 4.69) is 10.2 Å². The van der Waals surface area contributed by atoms with E-state index in [-0.39, 0.29) is 0 Å². The van der Waals surface area contributed by atoms with Gasteiger partial charge in [-0.05, 0) is 22.6 Å². The summed E-state index contributed by atoms with van der Waals surface area (Å²) < 4.78 is 22.6. The summed E-state index contributed by atoms with van der Waals surface area (Å²) >= 11 is 3.14. The molecule has 0 aliphatic rings. The van der Waals surface area contributed by atoms with Crippen molar-refractivity contribution < 1.29 is 8.42 Å². The lowest BCUT2D eigenvalue weighted by Crippen LogP contribution is -2.07. The van der Waals surface area contributed by atoms with Crippen LogP contribution in [0.1, 0.15) is 0 Å². The van der Waals surface area contributed by atoms with Gasteiger partial charge in [0.25, 0.3) is 0 Å². The maximum atomic E-state index is 10.7. The first-order valence-electron chi connectivity index (χ1n) is 2.03. The molecule has 8 heteroatoms. The summed E-state index contributed by atoms with van der Waals surface area (Å²) in [4.78, 5) is 0. The van der Waals surface area contributed by atoms with Crippen molar-refractivity contribution in [2.24, 2.45) is 0 Å². The molecule has 1 rings (SSSR count). The lowest BCUT2D eigenvalue weighted by Gasteiger charge is -1.88. The molecule has 0 bridgehead atoms. The molecule has 5 nitrogen and oxygen atoms in total. The van der Waals surface area contributed by atoms with Crippen molar-refractivity contribution in [2.45, 2.75) is 0 Å². The molecule has 0 radical (unpaired) electrons. The van der Waals surface area contributed by atoms with E-state index in [1.165, 1.54) is 27.4 Å². The minimum Gasteiger partial charge on any atom is -0.192 e. The van der Waals surface area contributed by atoms with Gasteiger partial charge in [0, 0.05) is 0 Å². The zero-order valence-corrected chi connectivity index (χ0v) is 9.53. The van der Waals surface area contributed by atoms with E-state index in [4.69, 9.17) is 0 Å². The summed E-state index contributed by atoms with van der Waals surface area (Å²) in [5.74, 6) is 0. The van der Waals surface area contributed by atoms with Crippen molar-refractivity contribution in [1.82, 2.24) is 14.4 Å². The SMILES string of the molecule is O=S(=O)(I)n1ncc(I)n1. The van der Waals surface area contributed by atoms with E-state index < -0.39 is 7.19 Å². The first kappa shape index (κ1) is 8.64. The van der Waals surface area contributed by atoms with Crippen LogP contribution in [0.3, 0.4) is 0 Å². The molecular weight excluding hydrogens is 384 g/mol. The molecular formula is C2HI2N3O2S. The normalized spacial score (nSPS) is 11.8. The first-order valence-corrected chi connectivity index (χ1v) is 7.09. The average Bonchev–Trinajstić information content (AvgIpc) is 2.11. The fourth-order valence-electron chi connectivity index (χ4n) is 0.335. The fraction of sp³-hybridized carbons (Fsp3) is 0. The predicted molar refractivity (Wildman–Crippen MR) is 51.1 cm³/mol. The molecule has 0 spiro atoms. The smallest absolute Gasteiger partial charge is 0.192 e. The van der Waals surface area contributed by atoms with E-state index in [1.54, 1.807) is 0 Å². The fourth-order valence-corrected chi connectivity index (χ4v) is 1.73. The molecule has 10 heavy (non-hydrogen) atoms. The third-order valence-corrected chi connectivity index (χ3v) is 2.76.